The number of fused-ring (bicyclic) bond motifs is 1. The Balaban J connectivity index is 1.78. The lowest BCUT2D eigenvalue weighted by Crippen LogP contribution is -2.64. The van der Waals surface area contributed by atoms with Crippen LogP contribution in [0.4, 0.5) is 0 Å². The summed E-state index contributed by atoms with van der Waals surface area (Å²) in [6.45, 7) is 9.32. The quantitative estimate of drug-likeness (QED) is 0.890. The second kappa shape index (κ2) is 5.50. The van der Waals surface area contributed by atoms with Gasteiger partial charge in [-0.3, -0.25) is 4.90 Å². The van der Waals surface area contributed by atoms with Crippen molar-refractivity contribution in [2.75, 3.05) is 13.1 Å². The minimum absolute atomic E-state index is 0.253. The molecular formula is C18H28N2. The molecule has 2 unspecified atom stereocenters. The van der Waals surface area contributed by atoms with Gasteiger partial charge in [0, 0.05) is 30.7 Å². The van der Waals surface area contributed by atoms with Crippen molar-refractivity contribution < 1.29 is 0 Å². The molecule has 0 amide bonds. The van der Waals surface area contributed by atoms with Crippen LogP contribution < -0.4 is 5.32 Å². The molecule has 0 spiro atoms. The summed E-state index contributed by atoms with van der Waals surface area (Å²) >= 11 is 0. The van der Waals surface area contributed by atoms with Crippen LogP contribution in [0.25, 0.3) is 0 Å². The van der Waals surface area contributed by atoms with Crippen LogP contribution in [0.5, 0.6) is 0 Å². The summed E-state index contributed by atoms with van der Waals surface area (Å²) in [7, 11) is 0. The topological polar surface area (TPSA) is 15.3 Å². The van der Waals surface area contributed by atoms with Crippen LogP contribution in [0.3, 0.4) is 0 Å². The number of benzene rings is 1. The number of piperazine rings is 1. The van der Waals surface area contributed by atoms with Crippen LogP contribution in [0.1, 0.15) is 44.7 Å². The minimum Gasteiger partial charge on any atom is -0.309 e. The standard InChI is InChI=1S/C18H28N2/c1-4-16-12-19-18(2,3)13-20(16)17-10-9-14-7-5-6-8-15(14)11-17/h5-8,16-17,19H,4,9-13H2,1-3H3. The van der Waals surface area contributed by atoms with Crippen LogP contribution in [-0.2, 0) is 12.8 Å². The Labute approximate surface area is 123 Å². The maximum Gasteiger partial charge on any atom is 0.0253 e. The highest BCUT2D eigenvalue weighted by atomic mass is 15.3. The zero-order valence-corrected chi connectivity index (χ0v) is 13.2. The predicted octanol–water partition coefficient (Wildman–Crippen LogP) is 3.01. The first kappa shape index (κ1) is 14.1. The average Bonchev–Trinajstić information content (AvgIpc) is 2.46. The maximum atomic E-state index is 3.71. The van der Waals surface area contributed by atoms with Crippen molar-refractivity contribution in [1.82, 2.24) is 10.2 Å². The number of hydrogen-bond donors (Lipinski definition) is 1. The van der Waals surface area contributed by atoms with Crippen LogP contribution in [-0.4, -0.2) is 35.6 Å². The fourth-order valence-electron chi connectivity index (χ4n) is 3.92. The van der Waals surface area contributed by atoms with E-state index in [-0.39, 0.29) is 5.54 Å². The maximum absolute atomic E-state index is 3.71. The van der Waals surface area contributed by atoms with Gasteiger partial charge >= 0.3 is 0 Å². The lowest BCUT2D eigenvalue weighted by molar-refractivity contribution is 0.0460. The second-order valence-electron chi connectivity index (χ2n) is 7.16. The van der Waals surface area contributed by atoms with E-state index in [1.807, 2.05) is 0 Å². The van der Waals surface area contributed by atoms with E-state index in [4.69, 9.17) is 0 Å². The van der Waals surface area contributed by atoms with Gasteiger partial charge in [-0.2, -0.15) is 0 Å². The Bertz CT molecular complexity index is 466. The molecule has 2 nitrogen and oxygen atoms in total. The Kier molecular flexibility index (Phi) is 3.87. The summed E-state index contributed by atoms with van der Waals surface area (Å²) in [6.07, 6.45) is 5.06. The Morgan fingerprint density at radius 2 is 2.00 bits per heavy atom. The Morgan fingerprint density at radius 1 is 1.25 bits per heavy atom. The number of nitrogens with zero attached hydrogens (tertiary/aromatic N) is 1. The summed E-state index contributed by atoms with van der Waals surface area (Å²) in [5.74, 6) is 0. The Hall–Kier alpha value is -0.860. The van der Waals surface area contributed by atoms with Crippen LogP contribution in [0.2, 0.25) is 0 Å². The first-order valence-electron chi connectivity index (χ1n) is 8.16. The Morgan fingerprint density at radius 3 is 2.75 bits per heavy atom. The number of nitrogens with one attached hydrogen (secondary N) is 1. The van der Waals surface area contributed by atoms with Crippen LogP contribution in [0, 0.1) is 0 Å². The summed E-state index contributed by atoms with van der Waals surface area (Å²) in [5, 5.41) is 3.71. The monoisotopic (exact) mass is 272 g/mol. The van der Waals surface area contributed by atoms with E-state index >= 15 is 0 Å². The van der Waals surface area contributed by atoms with Gasteiger partial charge in [-0.25, -0.2) is 0 Å². The van der Waals surface area contributed by atoms with Crippen molar-refractivity contribution in [1.29, 1.82) is 0 Å². The first-order valence-corrected chi connectivity index (χ1v) is 8.16. The molecular weight excluding hydrogens is 244 g/mol. The van der Waals surface area contributed by atoms with E-state index in [1.54, 1.807) is 11.1 Å². The summed E-state index contributed by atoms with van der Waals surface area (Å²) in [4.78, 5) is 2.80. The molecule has 1 N–H and O–H groups in total. The van der Waals surface area contributed by atoms with E-state index in [2.05, 4.69) is 55.3 Å². The third kappa shape index (κ3) is 2.77. The lowest BCUT2D eigenvalue weighted by atomic mass is 9.85. The first-order chi connectivity index (χ1) is 9.59. The molecule has 110 valence electrons. The predicted molar refractivity (Wildman–Crippen MR) is 85.1 cm³/mol. The molecule has 0 radical (unpaired) electrons. The second-order valence-corrected chi connectivity index (χ2v) is 7.16. The van der Waals surface area contributed by atoms with Crippen molar-refractivity contribution in [3.63, 3.8) is 0 Å². The minimum atomic E-state index is 0.253. The molecule has 2 heteroatoms. The summed E-state index contributed by atoms with van der Waals surface area (Å²) < 4.78 is 0. The molecule has 0 bridgehead atoms. The fourth-order valence-corrected chi connectivity index (χ4v) is 3.92. The number of rotatable bonds is 2. The molecule has 1 fully saturated rings. The van der Waals surface area contributed by atoms with Gasteiger partial charge in [0.15, 0.2) is 0 Å². The van der Waals surface area contributed by atoms with E-state index in [9.17, 15) is 0 Å². The van der Waals surface area contributed by atoms with E-state index in [0.29, 0.717) is 6.04 Å². The molecule has 20 heavy (non-hydrogen) atoms. The third-order valence-corrected chi connectivity index (χ3v) is 5.12. The smallest absolute Gasteiger partial charge is 0.0253 e. The molecule has 1 aromatic rings. The summed E-state index contributed by atoms with van der Waals surface area (Å²) in [5.41, 5.74) is 3.41. The van der Waals surface area contributed by atoms with Crippen molar-refractivity contribution in [3.8, 4) is 0 Å². The highest BCUT2D eigenvalue weighted by molar-refractivity contribution is 5.30. The molecule has 1 saturated heterocycles. The highest BCUT2D eigenvalue weighted by Gasteiger charge is 2.36. The van der Waals surface area contributed by atoms with Gasteiger partial charge in [0.05, 0.1) is 0 Å². The van der Waals surface area contributed by atoms with Gasteiger partial charge < -0.3 is 5.32 Å². The van der Waals surface area contributed by atoms with E-state index in [0.717, 1.165) is 12.6 Å². The van der Waals surface area contributed by atoms with Gasteiger partial charge in [0.1, 0.15) is 0 Å². The fraction of sp³-hybridized carbons (Fsp3) is 0.667. The van der Waals surface area contributed by atoms with Crippen molar-refractivity contribution in [2.45, 2.75) is 64.1 Å². The molecule has 3 rings (SSSR count). The van der Waals surface area contributed by atoms with Crippen LogP contribution >= 0.6 is 0 Å². The molecule has 2 aliphatic rings. The van der Waals surface area contributed by atoms with Gasteiger partial charge in [0.25, 0.3) is 0 Å². The van der Waals surface area contributed by atoms with E-state index < -0.39 is 0 Å². The van der Waals surface area contributed by atoms with E-state index in [1.165, 1.54) is 32.2 Å². The number of aryl methyl sites for hydroxylation is 1. The van der Waals surface area contributed by atoms with Crippen LogP contribution in [0.15, 0.2) is 24.3 Å². The normalized spacial score (nSPS) is 29.9. The largest absolute Gasteiger partial charge is 0.309 e. The summed E-state index contributed by atoms with van der Waals surface area (Å²) in [6, 6.07) is 10.5. The zero-order valence-electron chi connectivity index (χ0n) is 13.2. The highest BCUT2D eigenvalue weighted by Crippen LogP contribution is 2.29. The zero-order chi connectivity index (χ0) is 14.2. The van der Waals surface area contributed by atoms with Gasteiger partial charge in [-0.15, -0.1) is 0 Å². The van der Waals surface area contributed by atoms with Gasteiger partial charge in [0.2, 0.25) is 0 Å². The van der Waals surface area contributed by atoms with Crippen molar-refractivity contribution in [3.05, 3.63) is 35.4 Å². The third-order valence-electron chi connectivity index (χ3n) is 5.12. The molecule has 0 saturated carbocycles. The van der Waals surface area contributed by atoms with Crippen molar-refractivity contribution >= 4 is 0 Å². The molecule has 2 atom stereocenters. The molecule has 1 aliphatic carbocycles. The molecule has 1 aromatic carbocycles. The molecule has 1 heterocycles. The molecule has 0 aromatic heterocycles. The van der Waals surface area contributed by atoms with Gasteiger partial charge in [-0.05, 0) is 50.7 Å². The van der Waals surface area contributed by atoms with Crippen molar-refractivity contribution in [2.24, 2.45) is 0 Å². The average molecular weight is 272 g/mol. The van der Waals surface area contributed by atoms with Gasteiger partial charge in [-0.1, -0.05) is 31.2 Å². The number of hydrogen-bond acceptors (Lipinski definition) is 2. The lowest BCUT2D eigenvalue weighted by Gasteiger charge is -2.49. The SMILES string of the molecule is CCC1CNC(C)(C)CN1C1CCc2ccccc2C1. The molecule has 1 aliphatic heterocycles.